The predicted molar refractivity (Wildman–Crippen MR) is 83.0 cm³/mol. The van der Waals surface area contributed by atoms with Crippen LogP contribution in [-0.2, 0) is 15.9 Å². The average molecular weight is 387 g/mol. The highest BCUT2D eigenvalue weighted by Gasteiger charge is 2.30. The van der Waals surface area contributed by atoms with Crippen molar-refractivity contribution in [1.29, 1.82) is 0 Å². The van der Waals surface area contributed by atoms with Gasteiger partial charge >= 0.3 is 0 Å². The van der Waals surface area contributed by atoms with E-state index in [1.165, 1.54) is 23.5 Å². The van der Waals surface area contributed by atoms with Gasteiger partial charge in [0, 0.05) is 23.1 Å². The number of sulfonamides is 1. The third-order valence-corrected chi connectivity index (χ3v) is 5.99. The van der Waals surface area contributed by atoms with Crippen LogP contribution in [-0.4, -0.2) is 25.8 Å². The van der Waals surface area contributed by atoms with Gasteiger partial charge < -0.3 is 0 Å². The zero-order chi connectivity index (χ0) is 15.5. The van der Waals surface area contributed by atoms with E-state index in [1.54, 1.807) is 0 Å². The van der Waals surface area contributed by atoms with Gasteiger partial charge in [0.15, 0.2) is 0 Å². The first-order valence-corrected chi connectivity index (χ1v) is 9.08. The molecule has 0 bridgehead atoms. The van der Waals surface area contributed by atoms with Crippen molar-refractivity contribution in [3.63, 3.8) is 0 Å². The van der Waals surface area contributed by atoms with Crippen molar-refractivity contribution in [1.82, 2.24) is 4.31 Å². The van der Waals surface area contributed by atoms with Gasteiger partial charge in [0.25, 0.3) is 0 Å². The van der Waals surface area contributed by atoms with Gasteiger partial charge in [0.2, 0.25) is 10.0 Å². The molecule has 0 aliphatic rings. The summed E-state index contributed by atoms with van der Waals surface area (Å²) < 4.78 is 41.1. The molecule has 0 aromatic heterocycles. The number of hydrogen-bond donors (Lipinski definition) is 0. The number of halogens is 3. The van der Waals surface area contributed by atoms with E-state index < -0.39 is 15.8 Å². The van der Waals surface area contributed by atoms with Crippen molar-refractivity contribution >= 4 is 37.6 Å². The van der Waals surface area contributed by atoms with Crippen molar-refractivity contribution < 1.29 is 12.8 Å². The van der Waals surface area contributed by atoms with E-state index in [0.29, 0.717) is 17.3 Å². The molecule has 0 fully saturated rings. The van der Waals surface area contributed by atoms with E-state index in [9.17, 15) is 12.8 Å². The fourth-order valence-corrected chi connectivity index (χ4v) is 4.54. The van der Waals surface area contributed by atoms with Crippen molar-refractivity contribution in [2.24, 2.45) is 0 Å². The molecule has 0 atom stereocenters. The molecule has 0 unspecified atom stereocenters. The maximum atomic E-state index is 14.3. The van der Waals surface area contributed by atoms with Gasteiger partial charge in [-0.15, -0.1) is 11.6 Å². The van der Waals surface area contributed by atoms with Gasteiger partial charge in [-0.25, -0.2) is 12.8 Å². The summed E-state index contributed by atoms with van der Waals surface area (Å²) in [6.07, 6.45) is 1.34. The van der Waals surface area contributed by atoms with Gasteiger partial charge in [0.05, 0.1) is 5.88 Å². The molecule has 1 rings (SSSR count). The van der Waals surface area contributed by atoms with E-state index >= 15 is 0 Å². The lowest BCUT2D eigenvalue weighted by atomic mass is 10.2. The zero-order valence-corrected chi connectivity index (χ0v) is 14.8. The van der Waals surface area contributed by atoms with Gasteiger partial charge in [-0.3, -0.25) is 0 Å². The summed E-state index contributed by atoms with van der Waals surface area (Å²) >= 11 is 8.85. The minimum atomic E-state index is -3.88. The molecule has 0 saturated carbocycles. The third kappa shape index (κ3) is 3.53. The SMILES string of the molecule is CCC(CC)N(C)S(=O)(=O)c1cc(Br)cc(CCl)c1F. The fourth-order valence-electron chi connectivity index (χ4n) is 2.06. The molecule has 1 aromatic rings. The lowest BCUT2D eigenvalue weighted by Crippen LogP contribution is -2.36. The Morgan fingerprint density at radius 2 is 1.90 bits per heavy atom. The van der Waals surface area contributed by atoms with Crippen LogP contribution in [0.3, 0.4) is 0 Å². The highest BCUT2D eigenvalue weighted by Crippen LogP contribution is 2.28. The minimum Gasteiger partial charge on any atom is -0.207 e. The van der Waals surface area contributed by atoms with Crippen LogP contribution in [0.15, 0.2) is 21.5 Å². The smallest absolute Gasteiger partial charge is 0.207 e. The first-order valence-electron chi connectivity index (χ1n) is 6.31. The van der Waals surface area contributed by atoms with Crippen LogP contribution >= 0.6 is 27.5 Å². The number of hydrogen-bond acceptors (Lipinski definition) is 2. The quantitative estimate of drug-likeness (QED) is 0.689. The third-order valence-electron chi connectivity index (χ3n) is 3.34. The topological polar surface area (TPSA) is 37.4 Å². The van der Waals surface area contributed by atoms with Crippen LogP contribution in [0.5, 0.6) is 0 Å². The van der Waals surface area contributed by atoms with Gasteiger partial charge in [-0.05, 0) is 25.0 Å². The fraction of sp³-hybridized carbons (Fsp3) is 0.538. The van der Waals surface area contributed by atoms with Crippen LogP contribution in [0.2, 0.25) is 0 Å². The highest BCUT2D eigenvalue weighted by atomic mass is 79.9. The Morgan fingerprint density at radius 1 is 1.35 bits per heavy atom. The normalized spacial score (nSPS) is 12.4. The molecule has 3 nitrogen and oxygen atoms in total. The Morgan fingerprint density at radius 3 is 2.35 bits per heavy atom. The molecule has 114 valence electrons. The first kappa shape index (κ1) is 17.9. The van der Waals surface area contributed by atoms with Gasteiger partial charge in [-0.1, -0.05) is 29.8 Å². The summed E-state index contributed by atoms with van der Waals surface area (Å²) in [5.74, 6) is -0.858. The molecule has 0 heterocycles. The van der Waals surface area contributed by atoms with Crippen molar-refractivity contribution in [2.45, 2.75) is 43.5 Å². The molecular formula is C13H18BrClFNO2S. The highest BCUT2D eigenvalue weighted by molar-refractivity contribution is 9.10. The summed E-state index contributed by atoms with van der Waals surface area (Å²) in [4.78, 5) is -0.336. The van der Waals surface area contributed by atoms with E-state index in [1.807, 2.05) is 13.8 Å². The number of benzene rings is 1. The summed E-state index contributed by atoms with van der Waals surface area (Å²) in [6, 6.07) is 2.61. The van der Waals surface area contributed by atoms with Crippen LogP contribution in [0, 0.1) is 5.82 Å². The molecule has 0 aliphatic heterocycles. The van der Waals surface area contributed by atoms with Crippen LogP contribution < -0.4 is 0 Å². The Hall–Kier alpha value is -0.170. The van der Waals surface area contributed by atoms with Crippen molar-refractivity contribution in [3.05, 3.63) is 28.0 Å². The average Bonchev–Trinajstić information content (AvgIpc) is 2.41. The van der Waals surface area contributed by atoms with Crippen molar-refractivity contribution in [3.8, 4) is 0 Å². The summed E-state index contributed by atoms with van der Waals surface area (Å²) in [6.45, 7) is 3.81. The maximum Gasteiger partial charge on any atom is 0.246 e. The Labute approximate surface area is 133 Å². The molecule has 0 N–H and O–H groups in total. The number of rotatable bonds is 6. The van der Waals surface area contributed by atoms with E-state index in [4.69, 9.17) is 11.6 Å². The van der Waals surface area contributed by atoms with Gasteiger partial charge in [-0.2, -0.15) is 4.31 Å². The summed E-state index contributed by atoms with van der Waals surface area (Å²) in [7, 11) is -2.40. The number of nitrogens with zero attached hydrogens (tertiary/aromatic N) is 1. The van der Waals surface area contributed by atoms with Crippen molar-refractivity contribution in [2.75, 3.05) is 7.05 Å². The monoisotopic (exact) mass is 385 g/mol. The van der Waals surface area contributed by atoms with Crippen LogP contribution in [0.25, 0.3) is 0 Å². The predicted octanol–water partition coefficient (Wildman–Crippen LogP) is 4.14. The molecule has 1 aromatic carbocycles. The van der Waals surface area contributed by atoms with E-state index in [0.717, 1.165) is 0 Å². The second kappa shape index (κ2) is 7.20. The lowest BCUT2D eigenvalue weighted by Gasteiger charge is -2.26. The Kier molecular flexibility index (Phi) is 6.44. The Balaban J connectivity index is 3.39. The van der Waals surface area contributed by atoms with Crippen LogP contribution in [0.4, 0.5) is 4.39 Å². The molecule has 0 amide bonds. The summed E-state index contributed by atoms with van der Waals surface area (Å²) in [5, 5.41) is 0. The molecule has 0 spiro atoms. The molecule has 0 radical (unpaired) electrons. The van der Waals surface area contributed by atoms with Crippen LogP contribution in [0.1, 0.15) is 32.3 Å². The lowest BCUT2D eigenvalue weighted by molar-refractivity contribution is 0.348. The zero-order valence-electron chi connectivity index (χ0n) is 11.7. The minimum absolute atomic E-state index is 0.0809. The van der Waals surface area contributed by atoms with E-state index in [2.05, 4.69) is 15.9 Å². The maximum absolute atomic E-state index is 14.3. The molecule has 0 saturated heterocycles. The summed E-state index contributed by atoms with van der Waals surface area (Å²) in [5.41, 5.74) is 0.164. The molecule has 7 heteroatoms. The standard InChI is InChI=1S/C13H18BrClFNO2S/c1-4-11(5-2)17(3)20(18,19)12-7-10(14)6-9(8-15)13(12)16/h6-7,11H,4-5,8H2,1-3H3. The molecular weight excluding hydrogens is 369 g/mol. The first-order chi connectivity index (χ1) is 9.29. The number of alkyl halides is 1. The van der Waals surface area contributed by atoms with E-state index in [-0.39, 0.29) is 22.4 Å². The largest absolute Gasteiger partial charge is 0.246 e. The molecule has 20 heavy (non-hydrogen) atoms. The second-order valence-corrected chi connectivity index (χ2v) is 7.65. The second-order valence-electron chi connectivity index (χ2n) is 4.50. The van der Waals surface area contributed by atoms with Gasteiger partial charge in [0.1, 0.15) is 10.7 Å². The Bertz CT molecular complexity index is 576. The molecule has 0 aliphatic carbocycles.